The van der Waals surface area contributed by atoms with Crippen molar-refractivity contribution < 1.29 is 9.53 Å². The Bertz CT molecular complexity index is 1100. The summed E-state index contributed by atoms with van der Waals surface area (Å²) in [6.45, 7) is 2.53. The molecule has 3 aromatic rings. The van der Waals surface area contributed by atoms with Gasteiger partial charge in [0.1, 0.15) is 16.8 Å². The van der Waals surface area contributed by atoms with E-state index in [0.717, 1.165) is 5.56 Å². The SMILES string of the molecule is CNC(=O)c1cc2c(=O)n3cc(C)ccc3nc2n(CCOC)c1=N. The highest BCUT2D eigenvalue weighted by Gasteiger charge is 2.16. The van der Waals surface area contributed by atoms with E-state index in [1.165, 1.54) is 22.1 Å². The van der Waals surface area contributed by atoms with Gasteiger partial charge < -0.3 is 14.6 Å². The van der Waals surface area contributed by atoms with Crippen LogP contribution in [0.4, 0.5) is 0 Å². The monoisotopic (exact) mass is 341 g/mol. The van der Waals surface area contributed by atoms with Gasteiger partial charge in [-0.25, -0.2) is 4.98 Å². The molecule has 0 aliphatic carbocycles. The number of pyridine rings is 2. The summed E-state index contributed by atoms with van der Waals surface area (Å²) in [5.74, 6) is -0.424. The number of amides is 1. The molecule has 0 aromatic carbocycles. The summed E-state index contributed by atoms with van der Waals surface area (Å²) in [5.41, 5.74) is 1.61. The number of carbonyl (C=O) groups excluding carboxylic acids is 1. The zero-order chi connectivity index (χ0) is 18.1. The van der Waals surface area contributed by atoms with Gasteiger partial charge in [0.15, 0.2) is 0 Å². The smallest absolute Gasteiger partial charge is 0.267 e. The molecule has 3 rings (SSSR count). The van der Waals surface area contributed by atoms with Crippen molar-refractivity contribution in [2.45, 2.75) is 13.5 Å². The van der Waals surface area contributed by atoms with E-state index in [1.807, 2.05) is 13.0 Å². The molecule has 0 spiro atoms. The van der Waals surface area contributed by atoms with Crippen molar-refractivity contribution in [3.8, 4) is 0 Å². The summed E-state index contributed by atoms with van der Waals surface area (Å²) in [6.07, 6.45) is 1.71. The third-order valence-corrected chi connectivity index (χ3v) is 4.05. The lowest BCUT2D eigenvalue weighted by molar-refractivity contribution is 0.0960. The van der Waals surface area contributed by atoms with Crippen molar-refractivity contribution in [3.63, 3.8) is 0 Å². The zero-order valence-corrected chi connectivity index (χ0v) is 14.3. The Morgan fingerprint density at radius 3 is 2.84 bits per heavy atom. The topological polar surface area (TPSA) is 101 Å². The van der Waals surface area contributed by atoms with Crippen molar-refractivity contribution in [3.05, 3.63) is 51.4 Å². The van der Waals surface area contributed by atoms with E-state index in [-0.39, 0.29) is 22.0 Å². The van der Waals surface area contributed by atoms with Crippen LogP contribution in [-0.4, -0.2) is 40.6 Å². The van der Waals surface area contributed by atoms with Crippen LogP contribution in [0.25, 0.3) is 16.7 Å². The molecule has 0 aliphatic heterocycles. The molecule has 8 nitrogen and oxygen atoms in total. The fourth-order valence-electron chi connectivity index (χ4n) is 2.75. The van der Waals surface area contributed by atoms with Gasteiger partial charge in [0, 0.05) is 26.9 Å². The lowest BCUT2D eigenvalue weighted by atomic mass is 10.2. The number of hydrogen-bond donors (Lipinski definition) is 2. The molecule has 8 heteroatoms. The highest BCUT2D eigenvalue weighted by Crippen LogP contribution is 2.11. The number of ether oxygens (including phenoxy) is 1. The van der Waals surface area contributed by atoms with Crippen molar-refractivity contribution >= 4 is 22.6 Å². The van der Waals surface area contributed by atoms with Gasteiger partial charge in [-0.3, -0.25) is 19.4 Å². The largest absolute Gasteiger partial charge is 0.383 e. The van der Waals surface area contributed by atoms with Gasteiger partial charge in [-0.05, 0) is 24.6 Å². The Labute approximate surface area is 143 Å². The molecule has 1 amide bonds. The Morgan fingerprint density at radius 1 is 1.40 bits per heavy atom. The molecule has 0 aliphatic rings. The number of aryl methyl sites for hydroxylation is 1. The first-order chi connectivity index (χ1) is 12.0. The fourth-order valence-corrected chi connectivity index (χ4v) is 2.75. The van der Waals surface area contributed by atoms with E-state index < -0.39 is 5.91 Å². The van der Waals surface area contributed by atoms with E-state index >= 15 is 0 Å². The van der Waals surface area contributed by atoms with Crippen molar-refractivity contribution in [1.29, 1.82) is 5.41 Å². The quantitative estimate of drug-likeness (QED) is 0.673. The van der Waals surface area contributed by atoms with Crippen LogP contribution in [0.3, 0.4) is 0 Å². The van der Waals surface area contributed by atoms with Crippen LogP contribution in [0.1, 0.15) is 15.9 Å². The van der Waals surface area contributed by atoms with Gasteiger partial charge in [0.25, 0.3) is 11.5 Å². The van der Waals surface area contributed by atoms with E-state index in [0.29, 0.717) is 24.4 Å². The maximum Gasteiger partial charge on any atom is 0.267 e. The molecule has 0 unspecified atom stereocenters. The maximum atomic E-state index is 12.9. The Morgan fingerprint density at radius 2 is 2.16 bits per heavy atom. The summed E-state index contributed by atoms with van der Waals surface area (Å²) in [5, 5.41) is 11.1. The van der Waals surface area contributed by atoms with Crippen LogP contribution in [0.2, 0.25) is 0 Å². The number of rotatable bonds is 4. The highest BCUT2D eigenvalue weighted by molar-refractivity contribution is 5.96. The number of nitrogens with one attached hydrogen (secondary N) is 2. The van der Waals surface area contributed by atoms with Gasteiger partial charge in [-0.1, -0.05) is 6.07 Å². The third kappa shape index (κ3) is 2.80. The second kappa shape index (κ2) is 6.48. The van der Waals surface area contributed by atoms with Crippen molar-refractivity contribution in [2.24, 2.45) is 0 Å². The maximum absolute atomic E-state index is 12.9. The summed E-state index contributed by atoms with van der Waals surface area (Å²) in [7, 11) is 3.04. The first kappa shape index (κ1) is 16.8. The minimum atomic E-state index is -0.424. The van der Waals surface area contributed by atoms with Crippen LogP contribution in [0.15, 0.2) is 29.2 Å². The molecular formula is C17H19N5O3. The van der Waals surface area contributed by atoms with Gasteiger partial charge in [0.05, 0.1) is 17.6 Å². The molecule has 130 valence electrons. The second-order valence-electron chi connectivity index (χ2n) is 5.72. The molecular weight excluding hydrogens is 322 g/mol. The molecule has 0 fully saturated rings. The van der Waals surface area contributed by atoms with Crippen LogP contribution < -0.4 is 16.4 Å². The number of hydrogen-bond acceptors (Lipinski definition) is 5. The normalized spacial score (nSPS) is 11.2. The van der Waals surface area contributed by atoms with Gasteiger partial charge in [-0.2, -0.15) is 0 Å². The van der Waals surface area contributed by atoms with E-state index in [1.54, 1.807) is 19.4 Å². The third-order valence-electron chi connectivity index (χ3n) is 4.05. The van der Waals surface area contributed by atoms with E-state index in [9.17, 15) is 9.59 Å². The zero-order valence-electron chi connectivity index (χ0n) is 14.3. The summed E-state index contributed by atoms with van der Waals surface area (Å²) in [4.78, 5) is 29.6. The van der Waals surface area contributed by atoms with Gasteiger partial charge in [0.2, 0.25) is 0 Å². The summed E-state index contributed by atoms with van der Waals surface area (Å²) in [6, 6.07) is 5.06. The standard InChI is InChI=1S/C17H19N5O3/c1-10-4-5-13-20-15-12(17(24)22(13)9-10)8-11(16(23)19-2)14(18)21(15)6-7-25-3/h4-5,8-9,18H,6-7H2,1-3H3,(H,19,23). The molecule has 0 atom stereocenters. The first-order valence-electron chi connectivity index (χ1n) is 7.80. The average Bonchev–Trinajstić information content (AvgIpc) is 2.61. The highest BCUT2D eigenvalue weighted by atomic mass is 16.5. The fraction of sp³-hybridized carbons (Fsp3) is 0.294. The Balaban J connectivity index is 2.47. The van der Waals surface area contributed by atoms with E-state index in [2.05, 4.69) is 10.3 Å². The van der Waals surface area contributed by atoms with Crippen molar-refractivity contribution in [1.82, 2.24) is 19.3 Å². The number of nitrogens with zero attached hydrogens (tertiary/aromatic N) is 3. The predicted molar refractivity (Wildman–Crippen MR) is 92.8 cm³/mol. The molecule has 0 radical (unpaired) electrons. The average molecular weight is 341 g/mol. The van der Waals surface area contributed by atoms with Gasteiger partial charge >= 0.3 is 0 Å². The molecule has 0 bridgehead atoms. The van der Waals surface area contributed by atoms with Crippen LogP contribution in [0.5, 0.6) is 0 Å². The minimum Gasteiger partial charge on any atom is -0.383 e. The number of methoxy groups -OCH3 is 1. The summed E-state index contributed by atoms with van der Waals surface area (Å²) >= 11 is 0. The van der Waals surface area contributed by atoms with Crippen LogP contribution in [-0.2, 0) is 11.3 Å². The minimum absolute atomic E-state index is 0.00717. The number of aromatic nitrogens is 3. The lowest BCUT2D eigenvalue weighted by Gasteiger charge is -2.14. The van der Waals surface area contributed by atoms with Gasteiger partial charge in [-0.15, -0.1) is 0 Å². The first-order valence-corrected chi connectivity index (χ1v) is 7.80. The van der Waals surface area contributed by atoms with Crippen LogP contribution >= 0.6 is 0 Å². The summed E-state index contributed by atoms with van der Waals surface area (Å²) < 4.78 is 8.08. The number of fused-ring (bicyclic) bond motifs is 2. The molecule has 0 saturated heterocycles. The Kier molecular flexibility index (Phi) is 4.37. The molecule has 0 saturated carbocycles. The Hall–Kier alpha value is -3.00. The molecule has 3 aromatic heterocycles. The molecule has 2 N–H and O–H groups in total. The second-order valence-corrected chi connectivity index (χ2v) is 5.72. The molecule has 25 heavy (non-hydrogen) atoms. The van der Waals surface area contributed by atoms with E-state index in [4.69, 9.17) is 10.1 Å². The number of carbonyl (C=O) groups is 1. The van der Waals surface area contributed by atoms with Crippen molar-refractivity contribution in [2.75, 3.05) is 20.8 Å². The predicted octanol–water partition coefficient (Wildman–Crippen LogP) is 0.443. The van der Waals surface area contributed by atoms with Crippen LogP contribution in [0, 0.1) is 12.3 Å². The lowest BCUT2D eigenvalue weighted by Crippen LogP contribution is -2.34. The molecule has 3 heterocycles.